The topological polar surface area (TPSA) is 86.6 Å². The van der Waals surface area contributed by atoms with Gasteiger partial charge in [0.15, 0.2) is 0 Å². The Morgan fingerprint density at radius 3 is 1.87 bits per heavy atom. The summed E-state index contributed by atoms with van der Waals surface area (Å²) in [6.07, 6.45) is 31.5. The second-order valence-electron chi connectivity index (χ2n) is 9.24. The molecule has 0 aliphatic carbocycles. The third-order valence-electron chi connectivity index (χ3n) is 6.34. The number of amides is 1. The SMILES string of the molecule is CC/C=C\C/C=C\C/C=C\C/C=C\C/C=C\CCCCSC(CC)(CC)C(=O)Nc1ccc(O)c(C(=O)O)c1. The van der Waals surface area contributed by atoms with Gasteiger partial charge >= 0.3 is 5.97 Å². The van der Waals surface area contributed by atoms with E-state index in [0.29, 0.717) is 18.5 Å². The number of carboxylic acids is 1. The van der Waals surface area contributed by atoms with Crippen molar-refractivity contribution >= 4 is 29.3 Å². The van der Waals surface area contributed by atoms with Crippen molar-refractivity contribution in [1.82, 2.24) is 0 Å². The lowest BCUT2D eigenvalue weighted by Crippen LogP contribution is -2.39. The largest absolute Gasteiger partial charge is 0.507 e. The van der Waals surface area contributed by atoms with E-state index in [1.807, 2.05) is 13.8 Å². The highest BCUT2D eigenvalue weighted by Gasteiger charge is 2.35. The van der Waals surface area contributed by atoms with Crippen LogP contribution in [0.5, 0.6) is 5.75 Å². The van der Waals surface area contributed by atoms with Gasteiger partial charge in [0.2, 0.25) is 5.91 Å². The van der Waals surface area contributed by atoms with Crippen molar-refractivity contribution in [3.63, 3.8) is 0 Å². The first-order valence-electron chi connectivity index (χ1n) is 14.2. The molecule has 3 N–H and O–H groups in total. The van der Waals surface area contributed by atoms with Gasteiger partial charge in [-0.3, -0.25) is 4.79 Å². The van der Waals surface area contributed by atoms with Crippen molar-refractivity contribution in [3.8, 4) is 5.75 Å². The first-order valence-corrected chi connectivity index (χ1v) is 15.1. The molecule has 0 radical (unpaired) electrons. The number of rotatable bonds is 20. The average Bonchev–Trinajstić information content (AvgIpc) is 2.93. The normalized spacial score (nSPS) is 12.6. The van der Waals surface area contributed by atoms with Crippen LogP contribution < -0.4 is 5.32 Å². The Balaban J connectivity index is 2.30. The fourth-order valence-corrected chi connectivity index (χ4v) is 5.20. The van der Waals surface area contributed by atoms with Crippen LogP contribution in [0.1, 0.15) is 95.3 Å². The van der Waals surface area contributed by atoms with E-state index >= 15 is 0 Å². The van der Waals surface area contributed by atoms with Gasteiger partial charge in [-0.25, -0.2) is 4.79 Å². The molecule has 0 unspecified atom stereocenters. The summed E-state index contributed by atoms with van der Waals surface area (Å²) in [4.78, 5) is 24.4. The minimum Gasteiger partial charge on any atom is -0.507 e. The first-order chi connectivity index (χ1) is 18.9. The second kappa shape index (κ2) is 20.9. The Bertz CT molecular complexity index is 1000. The second-order valence-corrected chi connectivity index (χ2v) is 10.7. The highest BCUT2D eigenvalue weighted by molar-refractivity contribution is 8.01. The summed E-state index contributed by atoms with van der Waals surface area (Å²) in [7, 11) is 0. The number of carbonyl (C=O) groups excluding carboxylic acids is 1. The van der Waals surface area contributed by atoms with Crippen LogP contribution in [0.15, 0.2) is 79.0 Å². The molecule has 0 spiro atoms. The number of carboxylic acid groups (broad SMARTS) is 1. The predicted molar refractivity (Wildman–Crippen MR) is 168 cm³/mol. The van der Waals surface area contributed by atoms with Crippen LogP contribution in [0.25, 0.3) is 0 Å². The number of allylic oxidation sites excluding steroid dienone is 10. The molecule has 0 heterocycles. The summed E-state index contributed by atoms with van der Waals surface area (Å²) in [6.45, 7) is 6.16. The fraction of sp³-hybridized carbons (Fsp3) is 0.455. The predicted octanol–water partition coefficient (Wildman–Crippen LogP) is 9.24. The third kappa shape index (κ3) is 14.1. The maximum Gasteiger partial charge on any atom is 0.339 e. The number of thioether (sulfide) groups is 1. The number of aromatic carboxylic acids is 1. The molecule has 0 saturated heterocycles. The number of hydrogen-bond donors (Lipinski definition) is 3. The Hall–Kier alpha value is -2.99. The molecule has 6 heteroatoms. The minimum absolute atomic E-state index is 0.127. The van der Waals surface area contributed by atoms with Crippen molar-refractivity contribution in [2.75, 3.05) is 11.1 Å². The zero-order valence-electron chi connectivity index (χ0n) is 23.9. The van der Waals surface area contributed by atoms with Gasteiger partial charge in [-0.2, -0.15) is 0 Å². The van der Waals surface area contributed by atoms with E-state index in [0.717, 1.165) is 57.1 Å². The van der Waals surface area contributed by atoms with Crippen molar-refractivity contribution in [2.45, 2.75) is 89.7 Å². The summed E-state index contributed by atoms with van der Waals surface area (Å²) in [5.41, 5.74) is 0.148. The Morgan fingerprint density at radius 1 is 0.821 bits per heavy atom. The zero-order chi connectivity index (χ0) is 28.8. The van der Waals surface area contributed by atoms with Crippen molar-refractivity contribution < 1.29 is 19.8 Å². The summed E-state index contributed by atoms with van der Waals surface area (Å²) in [5, 5.41) is 21.8. The Labute approximate surface area is 239 Å². The molecule has 1 aromatic rings. The number of carbonyl (C=O) groups is 2. The number of phenols is 1. The van der Waals surface area contributed by atoms with Crippen LogP contribution in [0.4, 0.5) is 5.69 Å². The molecule has 0 saturated carbocycles. The van der Waals surface area contributed by atoms with E-state index in [-0.39, 0.29) is 17.2 Å². The lowest BCUT2D eigenvalue weighted by Gasteiger charge is -2.30. The van der Waals surface area contributed by atoms with Crippen molar-refractivity contribution in [3.05, 3.63) is 84.5 Å². The van der Waals surface area contributed by atoms with Crippen LogP contribution in [0, 0.1) is 0 Å². The average molecular weight is 554 g/mol. The Kier molecular flexibility index (Phi) is 18.2. The van der Waals surface area contributed by atoms with E-state index in [4.69, 9.17) is 0 Å². The summed E-state index contributed by atoms with van der Waals surface area (Å²) < 4.78 is -0.571. The highest BCUT2D eigenvalue weighted by atomic mass is 32.2. The first kappa shape index (κ1) is 34.0. The lowest BCUT2D eigenvalue weighted by atomic mass is 10.0. The van der Waals surface area contributed by atoms with E-state index in [2.05, 4.69) is 73.0 Å². The molecule has 1 rings (SSSR count). The van der Waals surface area contributed by atoms with E-state index in [9.17, 15) is 19.8 Å². The molecule has 5 nitrogen and oxygen atoms in total. The van der Waals surface area contributed by atoms with Gasteiger partial charge in [0.05, 0.1) is 4.75 Å². The molecule has 0 aliphatic heterocycles. The Morgan fingerprint density at radius 2 is 1.36 bits per heavy atom. The number of aromatic hydroxyl groups is 1. The summed E-state index contributed by atoms with van der Waals surface area (Å²) in [6, 6.07) is 4.10. The lowest BCUT2D eigenvalue weighted by molar-refractivity contribution is -0.118. The van der Waals surface area contributed by atoms with Crippen LogP contribution in [0.3, 0.4) is 0 Å². The summed E-state index contributed by atoms with van der Waals surface area (Å²) in [5.74, 6) is -0.796. The molecule has 39 heavy (non-hydrogen) atoms. The number of hydrogen-bond acceptors (Lipinski definition) is 4. The maximum atomic E-state index is 13.1. The van der Waals surface area contributed by atoms with Gasteiger partial charge in [-0.05, 0) is 88.2 Å². The van der Waals surface area contributed by atoms with Gasteiger partial charge in [-0.1, -0.05) is 81.5 Å². The zero-order valence-corrected chi connectivity index (χ0v) is 24.7. The third-order valence-corrected chi connectivity index (χ3v) is 8.15. The van der Waals surface area contributed by atoms with Gasteiger partial charge < -0.3 is 15.5 Å². The molecule has 0 aliphatic rings. The molecule has 0 bridgehead atoms. The number of anilines is 1. The van der Waals surface area contributed by atoms with Crippen LogP contribution in [0.2, 0.25) is 0 Å². The van der Waals surface area contributed by atoms with Crippen LogP contribution in [-0.4, -0.2) is 32.6 Å². The summed E-state index contributed by atoms with van der Waals surface area (Å²) >= 11 is 1.67. The van der Waals surface area contributed by atoms with E-state index in [1.165, 1.54) is 18.2 Å². The molecule has 1 aromatic carbocycles. The highest BCUT2D eigenvalue weighted by Crippen LogP contribution is 2.35. The molecular weight excluding hydrogens is 506 g/mol. The van der Waals surface area contributed by atoms with Crippen LogP contribution >= 0.6 is 11.8 Å². The van der Waals surface area contributed by atoms with Gasteiger partial charge in [0.1, 0.15) is 11.3 Å². The number of benzene rings is 1. The van der Waals surface area contributed by atoms with E-state index in [1.54, 1.807) is 11.8 Å². The monoisotopic (exact) mass is 553 g/mol. The van der Waals surface area contributed by atoms with Crippen molar-refractivity contribution in [1.29, 1.82) is 0 Å². The number of nitrogens with one attached hydrogen (secondary N) is 1. The maximum absolute atomic E-state index is 13.1. The van der Waals surface area contributed by atoms with Crippen LogP contribution in [-0.2, 0) is 4.79 Å². The molecule has 0 atom stereocenters. The molecule has 0 fully saturated rings. The van der Waals surface area contributed by atoms with Crippen molar-refractivity contribution in [2.24, 2.45) is 0 Å². The minimum atomic E-state index is -1.23. The van der Waals surface area contributed by atoms with Gasteiger partial charge in [-0.15, -0.1) is 11.8 Å². The molecule has 0 aromatic heterocycles. The molecular formula is C33H47NO4S. The molecule has 1 amide bonds. The van der Waals surface area contributed by atoms with Gasteiger partial charge in [0, 0.05) is 5.69 Å². The smallest absolute Gasteiger partial charge is 0.339 e. The quantitative estimate of drug-likeness (QED) is 0.0851. The standard InChI is InChI=1S/C33H47NO4S/c1-4-7-8-9-10-11-12-13-14-15-16-17-18-19-20-21-22-23-26-39-33(5-2,6-3)32(38)34-28-24-25-30(35)29(27-28)31(36)37/h7-8,10-11,13-14,16-17,19-20,24-25,27,35H,4-6,9,12,15,18,21-23,26H2,1-3H3,(H,34,38)(H,36,37)/b8-7-,11-10-,14-13-,17-16-,20-19-. The number of unbranched alkanes of at least 4 members (excludes halogenated alkanes) is 2. The fourth-order valence-electron chi connectivity index (χ4n) is 3.87. The van der Waals surface area contributed by atoms with E-state index < -0.39 is 10.7 Å². The van der Waals surface area contributed by atoms with Gasteiger partial charge in [0.25, 0.3) is 0 Å². The molecule has 214 valence electrons.